The number of esters is 1. The summed E-state index contributed by atoms with van der Waals surface area (Å²) in [5, 5.41) is 13.7. The molecule has 1 aliphatic heterocycles. The van der Waals surface area contributed by atoms with Crippen LogP contribution in [0, 0.1) is 5.92 Å². The molecule has 5 N–H and O–H groups in total. The zero-order valence-electron chi connectivity index (χ0n) is 49.9. The van der Waals surface area contributed by atoms with E-state index in [4.69, 9.17) is 23.3 Å². The SMILES string of the molecule is C=C1NC(=O)[C@H](C)NC(=O)[C@H]([C@@H](C)CC)N(C(=O)C(F)(F)F)[C@@H]2C=Cc3c([C@H](C)O[Si](C)(C)C(C)(C)C)cc(nc3[C@H]2O[Si](C)(C)C(C)(C)C)C(=O)O[C@H](C)[C@H](NC(=O)OCc2ccccc2)c2cc(cs2)CCNC(=O)[C@H](C)NC1=O. The quantitative estimate of drug-likeness (QED) is 0.0725. The van der Waals surface area contributed by atoms with Gasteiger partial charge in [-0.1, -0.05) is 111 Å². The van der Waals surface area contributed by atoms with Crippen LogP contribution >= 0.6 is 11.3 Å². The van der Waals surface area contributed by atoms with Gasteiger partial charge in [-0.25, -0.2) is 14.6 Å². The Morgan fingerprint density at radius 1 is 0.902 bits per heavy atom. The molecular formula is C58H82F3N7O11SSi2. The van der Waals surface area contributed by atoms with Crippen molar-refractivity contribution in [2.24, 2.45) is 5.92 Å². The standard InChI is InChI=1S/C58H82F3N7O11SSi2/c1-18-32(2)47-52(72)65-35(5)51(71)64-34(4)50(70)63-33(3)49(69)62-27-26-39-28-44(80-31-39)45(67-55(75)76-30-38-22-20-19-21-23-38)37(7)77-53(73)42-29-41(36(6)78-81(14,15)56(8,9)10)40-24-25-43(68(47)54(74)58(59,60)61)48(46(40)66-42)79-82(16,17)57(11,12)13/h19-25,28-29,31-33,35-37,43,45,47-48H,4,18,26-27,30H2,1-3,5-17H3,(H,62,69)(H,63,70)(H,64,71)(H,65,72)(H,67,75)/t32-,33-,35-,36-,37+,43+,45-,47-,48-/m0/s1. The number of ether oxygens (including phenoxy) is 2. The fraction of sp³-hybridized carbons (Fsp3) is 0.552. The number of hydrogen-bond donors (Lipinski definition) is 5. The normalized spacial score (nSPS) is 23.1. The molecule has 0 radical (unpaired) electrons. The molecule has 0 spiro atoms. The minimum atomic E-state index is -5.57. The number of benzene rings is 1. The third-order valence-corrected chi connectivity index (χ3v) is 25.9. The van der Waals surface area contributed by atoms with Gasteiger partial charge in [-0.3, -0.25) is 24.0 Å². The first-order chi connectivity index (χ1) is 37.9. The molecule has 9 atom stereocenters. The van der Waals surface area contributed by atoms with Crippen LogP contribution in [0.3, 0.4) is 0 Å². The Hall–Kier alpha value is -6.22. The lowest BCUT2D eigenvalue weighted by Crippen LogP contribution is -2.63. The van der Waals surface area contributed by atoms with E-state index in [0.29, 0.717) is 32.9 Å². The lowest BCUT2D eigenvalue weighted by Gasteiger charge is -2.47. The summed E-state index contributed by atoms with van der Waals surface area (Å²) in [5.74, 6) is -8.04. The maximum absolute atomic E-state index is 15.4. The Kier molecular flexibility index (Phi) is 21.6. The molecule has 5 bridgehead atoms. The molecule has 3 aromatic rings. The number of pyridine rings is 1. The first-order valence-corrected chi connectivity index (χ1v) is 34.2. The van der Waals surface area contributed by atoms with Gasteiger partial charge in [0.25, 0.3) is 5.91 Å². The van der Waals surface area contributed by atoms with Crippen LogP contribution < -0.4 is 26.6 Å². The van der Waals surface area contributed by atoms with Gasteiger partial charge in [-0.05, 0) is 111 Å². The lowest BCUT2D eigenvalue weighted by atomic mass is 9.87. The second-order valence-corrected chi connectivity index (χ2v) is 34.6. The third kappa shape index (κ3) is 16.3. The molecule has 0 saturated heterocycles. The van der Waals surface area contributed by atoms with Crippen molar-refractivity contribution in [1.82, 2.24) is 36.5 Å². The average molecular weight is 1200 g/mol. The van der Waals surface area contributed by atoms with E-state index < -0.39 is 130 Å². The summed E-state index contributed by atoms with van der Waals surface area (Å²) in [6.45, 7) is 32.5. The molecule has 0 unspecified atom stereocenters. The number of amides is 6. The number of alkyl carbamates (subject to hydrolysis) is 1. The molecule has 1 aromatic carbocycles. The Morgan fingerprint density at radius 2 is 1.52 bits per heavy atom. The summed E-state index contributed by atoms with van der Waals surface area (Å²) >= 11 is 1.24. The van der Waals surface area contributed by atoms with E-state index in [1.165, 1.54) is 50.3 Å². The van der Waals surface area contributed by atoms with Gasteiger partial charge in [0.2, 0.25) is 17.7 Å². The molecule has 0 saturated carbocycles. The molecule has 3 heterocycles. The molecule has 6 amide bonds. The predicted molar refractivity (Wildman–Crippen MR) is 312 cm³/mol. The number of hydrogen-bond acceptors (Lipinski definition) is 13. The Labute approximate surface area is 485 Å². The first-order valence-electron chi connectivity index (χ1n) is 27.5. The minimum absolute atomic E-state index is 0.0336. The van der Waals surface area contributed by atoms with Crippen LogP contribution in [-0.2, 0) is 55.3 Å². The van der Waals surface area contributed by atoms with Crippen molar-refractivity contribution in [3.63, 3.8) is 0 Å². The molecular weight excluding hydrogens is 1120 g/mol. The molecule has 24 heteroatoms. The summed E-state index contributed by atoms with van der Waals surface area (Å²) in [6, 6.07) is 4.91. The summed E-state index contributed by atoms with van der Waals surface area (Å²) < 4.78 is 72.3. The van der Waals surface area contributed by atoms with Crippen molar-refractivity contribution in [2.75, 3.05) is 6.54 Å². The van der Waals surface area contributed by atoms with E-state index in [0.717, 1.165) is 5.56 Å². The van der Waals surface area contributed by atoms with Gasteiger partial charge in [0.05, 0.1) is 23.5 Å². The molecule has 1 aliphatic carbocycles. The number of alkyl halides is 3. The molecule has 82 heavy (non-hydrogen) atoms. The predicted octanol–water partition coefficient (Wildman–Crippen LogP) is 10.0. The van der Waals surface area contributed by atoms with Crippen LogP contribution in [0.25, 0.3) is 6.08 Å². The Morgan fingerprint density at radius 3 is 2.12 bits per heavy atom. The van der Waals surface area contributed by atoms with Crippen molar-refractivity contribution in [2.45, 2.75) is 193 Å². The highest BCUT2D eigenvalue weighted by Gasteiger charge is 2.54. The first kappa shape index (κ1) is 66.6. The topological polar surface area (TPSA) is 233 Å². The highest BCUT2D eigenvalue weighted by molar-refractivity contribution is 7.10. The summed E-state index contributed by atoms with van der Waals surface area (Å²) in [7, 11) is -5.82. The number of fused-ring (bicyclic) bond motifs is 4. The van der Waals surface area contributed by atoms with Crippen LogP contribution in [0.15, 0.2) is 66.2 Å². The van der Waals surface area contributed by atoms with E-state index in [1.807, 2.05) is 58.4 Å². The molecule has 0 fully saturated rings. The molecule has 18 nitrogen and oxygen atoms in total. The fourth-order valence-corrected chi connectivity index (χ4v) is 12.4. The van der Waals surface area contributed by atoms with E-state index >= 15 is 18.0 Å². The smallest absolute Gasteiger partial charge is 0.455 e. The van der Waals surface area contributed by atoms with Crippen molar-refractivity contribution >= 4 is 75.6 Å². The maximum Gasteiger partial charge on any atom is 0.471 e. The number of carbonyl (C=O) groups is 7. The van der Waals surface area contributed by atoms with Gasteiger partial charge >= 0.3 is 24.1 Å². The van der Waals surface area contributed by atoms with Gasteiger partial charge in [0, 0.05) is 17.0 Å². The Bertz CT molecular complexity index is 2890. The van der Waals surface area contributed by atoms with Gasteiger partial charge in [0.15, 0.2) is 16.6 Å². The van der Waals surface area contributed by atoms with E-state index in [2.05, 4.69) is 53.9 Å². The van der Waals surface area contributed by atoms with Crippen LogP contribution in [0.4, 0.5) is 18.0 Å². The highest BCUT2D eigenvalue weighted by Crippen LogP contribution is 2.47. The third-order valence-electron chi connectivity index (χ3n) is 15.8. The fourth-order valence-electron chi connectivity index (χ4n) is 8.72. The molecule has 2 aliphatic rings. The summed E-state index contributed by atoms with van der Waals surface area (Å²) in [4.78, 5) is 104. The van der Waals surface area contributed by atoms with Gasteiger partial charge in [-0.2, -0.15) is 13.2 Å². The minimum Gasteiger partial charge on any atom is -0.455 e. The second-order valence-electron chi connectivity index (χ2n) is 24.2. The monoisotopic (exact) mass is 1200 g/mol. The van der Waals surface area contributed by atoms with Crippen LogP contribution in [0.5, 0.6) is 0 Å². The van der Waals surface area contributed by atoms with Crippen molar-refractivity contribution < 1.29 is 65.1 Å². The number of nitrogens with zero attached hydrogens (tertiary/aromatic N) is 2. The second kappa shape index (κ2) is 26.6. The summed E-state index contributed by atoms with van der Waals surface area (Å²) in [6.07, 6.45) is -6.69. The largest absolute Gasteiger partial charge is 0.471 e. The summed E-state index contributed by atoms with van der Waals surface area (Å²) in [5.41, 5.74) is 1.35. The number of cyclic esters (lactones) is 1. The van der Waals surface area contributed by atoms with Crippen LogP contribution in [0.1, 0.15) is 151 Å². The van der Waals surface area contributed by atoms with Crippen molar-refractivity contribution in [1.29, 1.82) is 0 Å². The maximum atomic E-state index is 15.4. The highest BCUT2D eigenvalue weighted by atomic mass is 32.1. The van der Waals surface area contributed by atoms with E-state index in [9.17, 15) is 28.8 Å². The number of halogens is 3. The number of thiophene rings is 1. The zero-order valence-corrected chi connectivity index (χ0v) is 52.7. The van der Waals surface area contributed by atoms with Gasteiger partial charge in [0.1, 0.15) is 48.7 Å². The zero-order chi connectivity index (χ0) is 61.6. The number of aromatic nitrogens is 1. The van der Waals surface area contributed by atoms with E-state index in [1.54, 1.807) is 51.1 Å². The van der Waals surface area contributed by atoms with E-state index in [-0.39, 0.29) is 36.0 Å². The molecule has 5 rings (SSSR count). The average Bonchev–Trinajstić information content (AvgIpc) is 3.98. The Balaban J connectivity index is 1.79. The number of rotatable bonds is 10. The lowest BCUT2D eigenvalue weighted by molar-refractivity contribution is -0.193. The van der Waals surface area contributed by atoms with Gasteiger partial charge in [-0.15, -0.1) is 11.3 Å². The number of carbonyl (C=O) groups excluding carboxylic acids is 7. The molecule has 450 valence electrons. The van der Waals surface area contributed by atoms with Crippen LogP contribution in [-0.4, -0.2) is 111 Å². The number of nitrogens with one attached hydrogen (secondary N) is 5. The van der Waals surface area contributed by atoms with Crippen LogP contribution in [0.2, 0.25) is 36.3 Å². The van der Waals surface area contributed by atoms with Crippen molar-refractivity contribution in [3.8, 4) is 0 Å². The van der Waals surface area contributed by atoms with Gasteiger partial charge < -0.3 is 49.8 Å². The van der Waals surface area contributed by atoms with Crippen molar-refractivity contribution in [3.05, 3.63) is 105 Å². The molecule has 2 aromatic heterocycles.